The van der Waals surface area contributed by atoms with Crippen molar-refractivity contribution in [2.45, 2.75) is 33.1 Å². The van der Waals surface area contributed by atoms with E-state index < -0.39 is 0 Å². The van der Waals surface area contributed by atoms with Crippen LogP contribution in [0.15, 0.2) is 90.1 Å². The van der Waals surface area contributed by atoms with E-state index in [4.69, 9.17) is 4.99 Å². The lowest BCUT2D eigenvalue weighted by molar-refractivity contribution is 0.740. The summed E-state index contributed by atoms with van der Waals surface area (Å²) in [5, 5.41) is 0. The van der Waals surface area contributed by atoms with Gasteiger partial charge in [0.2, 0.25) is 0 Å². The van der Waals surface area contributed by atoms with Gasteiger partial charge in [0.25, 0.3) is 0 Å². The molecule has 0 saturated carbocycles. The summed E-state index contributed by atoms with van der Waals surface area (Å²) in [4.78, 5) is 7.12. The van der Waals surface area contributed by atoms with E-state index in [-0.39, 0.29) is 5.41 Å². The minimum Gasteiger partial charge on any atom is -0.317 e. The molecule has 0 amide bonds. The molecule has 1 aliphatic rings. The van der Waals surface area contributed by atoms with Crippen LogP contribution in [-0.4, -0.2) is 5.71 Å². The Labute approximate surface area is 167 Å². The zero-order valence-electron chi connectivity index (χ0n) is 17.0. The summed E-state index contributed by atoms with van der Waals surface area (Å²) < 4.78 is 0. The van der Waals surface area contributed by atoms with Gasteiger partial charge < -0.3 is 4.90 Å². The lowest BCUT2D eigenvalue weighted by Crippen LogP contribution is -2.24. The van der Waals surface area contributed by atoms with Crippen molar-refractivity contribution >= 4 is 22.8 Å². The van der Waals surface area contributed by atoms with Gasteiger partial charge in [-0.3, -0.25) is 4.99 Å². The number of para-hydroxylation sites is 1. The standard InChI is InChI=1S/C26H26N2/c1-19-9-13-21(14-10-19)28(22-15-11-20(2)12-16-22)18-17-25-26(3,4)23-7-5-6-8-24(23)27-25/h5-18H,1-4H3/b18-17+. The van der Waals surface area contributed by atoms with E-state index in [1.165, 1.54) is 16.7 Å². The van der Waals surface area contributed by atoms with Gasteiger partial charge in [0.1, 0.15) is 0 Å². The summed E-state index contributed by atoms with van der Waals surface area (Å²) in [7, 11) is 0. The molecule has 0 spiro atoms. The second kappa shape index (κ2) is 7.12. The minimum absolute atomic E-state index is 0.0979. The van der Waals surface area contributed by atoms with Gasteiger partial charge in [-0.05, 0) is 55.8 Å². The number of aryl methyl sites for hydroxylation is 2. The van der Waals surface area contributed by atoms with Gasteiger partial charge in [-0.2, -0.15) is 0 Å². The van der Waals surface area contributed by atoms with E-state index in [9.17, 15) is 0 Å². The van der Waals surface area contributed by atoms with Crippen molar-refractivity contribution < 1.29 is 0 Å². The smallest absolute Gasteiger partial charge is 0.0674 e. The Morgan fingerprint density at radius 1 is 0.750 bits per heavy atom. The number of hydrogen-bond donors (Lipinski definition) is 0. The van der Waals surface area contributed by atoms with Crippen molar-refractivity contribution in [3.8, 4) is 0 Å². The number of rotatable bonds is 4. The van der Waals surface area contributed by atoms with Gasteiger partial charge in [-0.15, -0.1) is 0 Å². The Bertz CT molecular complexity index is 993. The van der Waals surface area contributed by atoms with Crippen LogP contribution in [0.2, 0.25) is 0 Å². The fraction of sp³-hybridized carbons (Fsp3) is 0.192. The van der Waals surface area contributed by atoms with Crippen molar-refractivity contribution in [2.75, 3.05) is 4.90 Å². The first-order valence-electron chi connectivity index (χ1n) is 9.74. The quantitative estimate of drug-likeness (QED) is 0.484. The van der Waals surface area contributed by atoms with E-state index >= 15 is 0 Å². The number of anilines is 2. The molecular formula is C26H26N2. The molecule has 140 valence electrons. The summed E-state index contributed by atoms with van der Waals surface area (Å²) in [6.07, 6.45) is 4.29. The van der Waals surface area contributed by atoms with Crippen molar-refractivity contribution in [2.24, 2.45) is 4.99 Å². The van der Waals surface area contributed by atoms with Crippen molar-refractivity contribution in [3.63, 3.8) is 0 Å². The van der Waals surface area contributed by atoms with E-state index in [0.29, 0.717) is 0 Å². The molecule has 0 fully saturated rings. The molecule has 1 heterocycles. The Morgan fingerprint density at radius 2 is 1.29 bits per heavy atom. The van der Waals surface area contributed by atoms with Gasteiger partial charge in [0.15, 0.2) is 0 Å². The molecule has 0 atom stereocenters. The molecular weight excluding hydrogens is 340 g/mol. The average Bonchev–Trinajstić information content (AvgIpc) is 2.95. The third-order valence-electron chi connectivity index (χ3n) is 5.46. The highest BCUT2D eigenvalue weighted by Gasteiger charge is 2.33. The topological polar surface area (TPSA) is 15.6 Å². The van der Waals surface area contributed by atoms with Crippen molar-refractivity contribution in [1.29, 1.82) is 0 Å². The summed E-state index contributed by atoms with van der Waals surface area (Å²) >= 11 is 0. The second-order valence-electron chi connectivity index (χ2n) is 8.00. The third-order valence-corrected chi connectivity index (χ3v) is 5.46. The van der Waals surface area contributed by atoms with Crippen LogP contribution < -0.4 is 4.90 Å². The maximum absolute atomic E-state index is 4.90. The van der Waals surface area contributed by atoms with Gasteiger partial charge in [0.05, 0.1) is 11.4 Å². The van der Waals surface area contributed by atoms with Gasteiger partial charge >= 0.3 is 0 Å². The molecule has 1 aliphatic heterocycles. The molecule has 3 aromatic carbocycles. The number of fused-ring (bicyclic) bond motifs is 1. The summed E-state index contributed by atoms with van der Waals surface area (Å²) in [6, 6.07) is 25.7. The van der Waals surface area contributed by atoms with E-state index in [1.807, 2.05) is 0 Å². The van der Waals surface area contributed by atoms with Crippen LogP contribution in [0.1, 0.15) is 30.5 Å². The Morgan fingerprint density at radius 3 is 1.82 bits per heavy atom. The van der Waals surface area contributed by atoms with Crippen LogP contribution in [-0.2, 0) is 5.41 Å². The van der Waals surface area contributed by atoms with Crippen LogP contribution in [0.25, 0.3) is 0 Å². The zero-order chi connectivity index (χ0) is 19.7. The second-order valence-corrected chi connectivity index (χ2v) is 8.00. The van der Waals surface area contributed by atoms with Crippen LogP contribution in [0.5, 0.6) is 0 Å². The third kappa shape index (κ3) is 3.38. The SMILES string of the molecule is Cc1ccc(N(/C=C/C2=Nc3ccccc3C2(C)C)c2ccc(C)cc2)cc1. The predicted octanol–water partition coefficient (Wildman–Crippen LogP) is 7.02. The molecule has 2 heteroatoms. The molecule has 0 radical (unpaired) electrons. The molecule has 4 rings (SSSR count). The number of hydrogen-bond acceptors (Lipinski definition) is 2. The first kappa shape index (κ1) is 18.2. The molecule has 0 saturated heterocycles. The molecule has 0 unspecified atom stereocenters. The molecule has 0 N–H and O–H groups in total. The maximum Gasteiger partial charge on any atom is 0.0674 e. The van der Waals surface area contributed by atoms with Gasteiger partial charge in [0, 0.05) is 23.0 Å². The number of benzene rings is 3. The minimum atomic E-state index is -0.0979. The Kier molecular flexibility index (Phi) is 4.64. The fourth-order valence-corrected chi connectivity index (χ4v) is 3.63. The molecule has 0 bridgehead atoms. The Hall–Kier alpha value is -3.13. The molecule has 28 heavy (non-hydrogen) atoms. The Balaban J connectivity index is 1.72. The lowest BCUT2D eigenvalue weighted by atomic mass is 9.81. The van der Waals surface area contributed by atoms with Crippen LogP contribution in [0.4, 0.5) is 17.1 Å². The highest BCUT2D eigenvalue weighted by molar-refractivity contribution is 6.08. The molecule has 0 aliphatic carbocycles. The van der Waals surface area contributed by atoms with E-state index in [2.05, 4.69) is 118 Å². The molecule has 3 aromatic rings. The average molecular weight is 367 g/mol. The van der Waals surface area contributed by atoms with Crippen LogP contribution >= 0.6 is 0 Å². The number of aliphatic imine (C=N–C) groups is 1. The summed E-state index contributed by atoms with van der Waals surface area (Å²) in [5.41, 5.74) is 8.13. The van der Waals surface area contributed by atoms with Crippen molar-refractivity contribution in [3.05, 3.63) is 102 Å². The first-order chi connectivity index (χ1) is 13.4. The molecule has 0 aromatic heterocycles. The van der Waals surface area contributed by atoms with Gasteiger partial charge in [-0.25, -0.2) is 0 Å². The monoisotopic (exact) mass is 366 g/mol. The van der Waals surface area contributed by atoms with Gasteiger partial charge in [-0.1, -0.05) is 67.4 Å². The molecule has 2 nitrogen and oxygen atoms in total. The van der Waals surface area contributed by atoms with E-state index in [0.717, 1.165) is 22.8 Å². The fourth-order valence-electron chi connectivity index (χ4n) is 3.63. The largest absolute Gasteiger partial charge is 0.317 e. The lowest BCUT2D eigenvalue weighted by Gasteiger charge is -2.23. The van der Waals surface area contributed by atoms with Crippen molar-refractivity contribution in [1.82, 2.24) is 0 Å². The highest BCUT2D eigenvalue weighted by Crippen LogP contribution is 2.40. The normalized spacial score (nSPS) is 14.8. The first-order valence-corrected chi connectivity index (χ1v) is 9.74. The van der Waals surface area contributed by atoms with E-state index in [1.54, 1.807) is 0 Å². The number of nitrogens with zero attached hydrogens (tertiary/aromatic N) is 2. The summed E-state index contributed by atoms with van der Waals surface area (Å²) in [6.45, 7) is 8.71. The number of allylic oxidation sites excluding steroid dienone is 1. The maximum atomic E-state index is 4.90. The van der Waals surface area contributed by atoms with Crippen LogP contribution in [0, 0.1) is 13.8 Å². The highest BCUT2D eigenvalue weighted by atomic mass is 15.1. The summed E-state index contributed by atoms with van der Waals surface area (Å²) in [5.74, 6) is 0. The predicted molar refractivity (Wildman–Crippen MR) is 120 cm³/mol. The van der Waals surface area contributed by atoms with Crippen LogP contribution in [0.3, 0.4) is 0 Å². The zero-order valence-corrected chi connectivity index (χ0v) is 17.0.